The maximum absolute atomic E-state index is 8.71. The van der Waals surface area contributed by atoms with Crippen molar-refractivity contribution in [3.05, 3.63) is 35.4 Å². The van der Waals surface area contributed by atoms with Gasteiger partial charge in [0.2, 0.25) is 0 Å². The summed E-state index contributed by atoms with van der Waals surface area (Å²) >= 11 is 0. The SMILES string of the molecule is COCc1cccc(CCO)c1. The van der Waals surface area contributed by atoms with Gasteiger partial charge in [0.15, 0.2) is 0 Å². The molecular weight excluding hydrogens is 152 g/mol. The Morgan fingerprint density at radius 2 is 2.08 bits per heavy atom. The Labute approximate surface area is 72.8 Å². The minimum atomic E-state index is 0.205. The van der Waals surface area contributed by atoms with Crippen molar-refractivity contribution in [2.24, 2.45) is 0 Å². The van der Waals surface area contributed by atoms with Gasteiger partial charge in [0.25, 0.3) is 0 Å². The van der Waals surface area contributed by atoms with Gasteiger partial charge >= 0.3 is 0 Å². The number of aliphatic hydroxyl groups excluding tert-OH is 1. The van der Waals surface area contributed by atoms with Crippen LogP contribution in [0, 0.1) is 0 Å². The van der Waals surface area contributed by atoms with Crippen molar-refractivity contribution in [1.82, 2.24) is 0 Å². The Morgan fingerprint density at radius 1 is 1.33 bits per heavy atom. The second-order valence-corrected chi connectivity index (χ2v) is 2.73. The fourth-order valence-electron chi connectivity index (χ4n) is 1.17. The van der Waals surface area contributed by atoms with Gasteiger partial charge in [0, 0.05) is 13.7 Å². The average Bonchev–Trinajstić information content (AvgIpc) is 2.06. The van der Waals surface area contributed by atoms with Gasteiger partial charge < -0.3 is 9.84 Å². The van der Waals surface area contributed by atoms with Crippen molar-refractivity contribution in [2.45, 2.75) is 13.0 Å². The van der Waals surface area contributed by atoms with E-state index in [1.807, 2.05) is 18.2 Å². The first kappa shape index (κ1) is 9.23. The zero-order valence-electron chi connectivity index (χ0n) is 7.29. The third-order valence-corrected chi connectivity index (χ3v) is 1.70. The number of rotatable bonds is 4. The van der Waals surface area contributed by atoms with E-state index in [4.69, 9.17) is 9.84 Å². The highest BCUT2D eigenvalue weighted by atomic mass is 16.5. The lowest BCUT2D eigenvalue weighted by atomic mass is 10.1. The molecule has 1 N–H and O–H groups in total. The van der Waals surface area contributed by atoms with Crippen LogP contribution in [0.4, 0.5) is 0 Å². The summed E-state index contributed by atoms with van der Waals surface area (Å²) in [6, 6.07) is 8.07. The van der Waals surface area contributed by atoms with Gasteiger partial charge in [-0.25, -0.2) is 0 Å². The molecule has 1 aromatic rings. The Morgan fingerprint density at radius 3 is 2.75 bits per heavy atom. The molecule has 0 spiro atoms. The highest BCUT2D eigenvalue weighted by Crippen LogP contribution is 2.06. The minimum absolute atomic E-state index is 0.205. The fourth-order valence-corrected chi connectivity index (χ4v) is 1.17. The molecule has 0 amide bonds. The molecule has 0 aromatic heterocycles. The van der Waals surface area contributed by atoms with Gasteiger partial charge in [-0.1, -0.05) is 24.3 Å². The number of hydrogen-bond acceptors (Lipinski definition) is 2. The average molecular weight is 166 g/mol. The lowest BCUT2D eigenvalue weighted by Crippen LogP contribution is -1.93. The van der Waals surface area contributed by atoms with E-state index in [0.717, 1.165) is 17.5 Å². The van der Waals surface area contributed by atoms with E-state index < -0.39 is 0 Å². The van der Waals surface area contributed by atoms with Crippen LogP contribution in [-0.2, 0) is 17.8 Å². The number of methoxy groups -OCH3 is 1. The van der Waals surface area contributed by atoms with E-state index in [1.54, 1.807) is 7.11 Å². The van der Waals surface area contributed by atoms with E-state index in [1.165, 1.54) is 0 Å². The molecule has 0 bridgehead atoms. The third kappa shape index (κ3) is 2.64. The molecule has 0 unspecified atom stereocenters. The van der Waals surface area contributed by atoms with Crippen LogP contribution in [0.1, 0.15) is 11.1 Å². The molecule has 0 radical (unpaired) electrons. The van der Waals surface area contributed by atoms with Gasteiger partial charge in [0.05, 0.1) is 6.61 Å². The Hall–Kier alpha value is -0.860. The van der Waals surface area contributed by atoms with Gasteiger partial charge in [0.1, 0.15) is 0 Å². The van der Waals surface area contributed by atoms with Crippen LogP contribution in [-0.4, -0.2) is 18.8 Å². The second kappa shape index (κ2) is 4.91. The summed E-state index contributed by atoms with van der Waals surface area (Å²) < 4.78 is 5.00. The third-order valence-electron chi connectivity index (χ3n) is 1.70. The number of ether oxygens (including phenoxy) is 1. The number of benzene rings is 1. The lowest BCUT2D eigenvalue weighted by Gasteiger charge is -2.02. The van der Waals surface area contributed by atoms with E-state index in [-0.39, 0.29) is 6.61 Å². The summed E-state index contributed by atoms with van der Waals surface area (Å²) in [5.74, 6) is 0. The van der Waals surface area contributed by atoms with E-state index >= 15 is 0 Å². The standard InChI is InChI=1S/C10H14O2/c1-12-8-10-4-2-3-9(7-10)5-6-11/h2-4,7,11H,5-6,8H2,1H3. The van der Waals surface area contributed by atoms with Crippen LogP contribution >= 0.6 is 0 Å². The summed E-state index contributed by atoms with van der Waals surface area (Å²) in [6.45, 7) is 0.843. The molecule has 0 saturated carbocycles. The second-order valence-electron chi connectivity index (χ2n) is 2.73. The molecule has 2 nitrogen and oxygen atoms in total. The molecule has 0 atom stereocenters. The van der Waals surface area contributed by atoms with Crippen molar-refractivity contribution < 1.29 is 9.84 Å². The maximum atomic E-state index is 8.71. The number of aliphatic hydroxyl groups is 1. The summed E-state index contributed by atoms with van der Waals surface area (Å²) in [7, 11) is 1.68. The smallest absolute Gasteiger partial charge is 0.0713 e. The van der Waals surface area contributed by atoms with Crippen LogP contribution in [0.25, 0.3) is 0 Å². The van der Waals surface area contributed by atoms with Gasteiger partial charge in [-0.2, -0.15) is 0 Å². The topological polar surface area (TPSA) is 29.5 Å². The lowest BCUT2D eigenvalue weighted by molar-refractivity contribution is 0.185. The first-order valence-corrected chi connectivity index (χ1v) is 4.04. The molecule has 1 aromatic carbocycles. The highest BCUT2D eigenvalue weighted by Gasteiger charge is 1.94. The molecule has 12 heavy (non-hydrogen) atoms. The molecule has 2 heteroatoms. The molecule has 0 aliphatic heterocycles. The van der Waals surface area contributed by atoms with Crippen molar-refractivity contribution in [1.29, 1.82) is 0 Å². The maximum Gasteiger partial charge on any atom is 0.0713 e. The predicted molar refractivity (Wildman–Crippen MR) is 47.9 cm³/mol. The van der Waals surface area contributed by atoms with Crippen molar-refractivity contribution >= 4 is 0 Å². The largest absolute Gasteiger partial charge is 0.396 e. The van der Waals surface area contributed by atoms with Crippen LogP contribution in [0.2, 0.25) is 0 Å². The zero-order chi connectivity index (χ0) is 8.81. The van der Waals surface area contributed by atoms with Gasteiger partial charge in [-0.15, -0.1) is 0 Å². The first-order chi connectivity index (χ1) is 5.86. The first-order valence-electron chi connectivity index (χ1n) is 4.04. The van der Waals surface area contributed by atoms with Gasteiger partial charge in [-0.3, -0.25) is 0 Å². The summed E-state index contributed by atoms with van der Waals surface area (Å²) in [4.78, 5) is 0. The van der Waals surface area contributed by atoms with E-state index in [0.29, 0.717) is 6.61 Å². The molecule has 1 rings (SSSR count). The molecule has 0 saturated heterocycles. The molecule has 0 heterocycles. The Balaban J connectivity index is 2.67. The van der Waals surface area contributed by atoms with Crippen LogP contribution < -0.4 is 0 Å². The number of hydrogen-bond donors (Lipinski definition) is 1. The highest BCUT2D eigenvalue weighted by molar-refractivity contribution is 5.23. The predicted octanol–water partition coefficient (Wildman–Crippen LogP) is 1.37. The molecular formula is C10H14O2. The Bertz CT molecular complexity index is 212. The quantitative estimate of drug-likeness (QED) is 0.732. The normalized spacial score (nSPS) is 10.2. The fraction of sp³-hybridized carbons (Fsp3) is 0.400. The monoisotopic (exact) mass is 166 g/mol. The minimum Gasteiger partial charge on any atom is -0.396 e. The Kier molecular flexibility index (Phi) is 3.77. The summed E-state index contributed by atoms with van der Waals surface area (Å²) in [6.07, 6.45) is 0.720. The van der Waals surface area contributed by atoms with Crippen molar-refractivity contribution in [2.75, 3.05) is 13.7 Å². The molecule has 66 valence electrons. The van der Waals surface area contributed by atoms with Crippen LogP contribution in [0.3, 0.4) is 0 Å². The zero-order valence-corrected chi connectivity index (χ0v) is 7.29. The van der Waals surface area contributed by atoms with E-state index in [9.17, 15) is 0 Å². The van der Waals surface area contributed by atoms with Gasteiger partial charge in [-0.05, 0) is 17.5 Å². The molecule has 0 aliphatic rings. The summed E-state index contributed by atoms with van der Waals surface area (Å²) in [5, 5.41) is 8.71. The van der Waals surface area contributed by atoms with Crippen molar-refractivity contribution in [3.8, 4) is 0 Å². The van der Waals surface area contributed by atoms with Crippen molar-refractivity contribution in [3.63, 3.8) is 0 Å². The van der Waals surface area contributed by atoms with Crippen LogP contribution in [0.15, 0.2) is 24.3 Å². The van der Waals surface area contributed by atoms with E-state index in [2.05, 4.69) is 6.07 Å². The molecule has 0 fully saturated rings. The summed E-state index contributed by atoms with van der Waals surface area (Å²) in [5.41, 5.74) is 2.32. The van der Waals surface area contributed by atoms with Crippen LogP contribution in [0.5, 0.6) is 0 Å². The molecule has 0 aliphatic carbocycles.